The topological polar surface area (TPSA) is 57.0 Å². The highest BCUT2D eigenvalue weighted by atomic mass is 32.2. The van der Waals surface area contributed by atoms with E-state index in [1.54, 1.807) is 24.1 Å². The molecule has 0 saturated heterocycles. The highest BCUT2D eigenvalue weighted by molar-refractivity contribution is 8.00. The zero-order chi connectivity index (χ0) is 18.7. The van der Waals surface area contributed by atoms with E-state index in [0.717, 1.165) is 36.1 Å². The minimum absolute atomic E-state index is 0.0526. The molecule has 0 aliphatic heterocycles. The van der Waals surface area contributed by atoms with E-state index in [9.17, 15) is 14.4 Å². The molecule has 1 aromatic carbocycles. The average Bonchev–Trinajstić information content (AvgIpc) is 3.10. The molecule has 0 N–H and O–H groups in total. The smallest absolute Gasteiger partial charge is 0.233 e. The first-order valence-corrected chi connectivity index (χ1v) is 9.51. The quantitative estimate of drug-likeness (QED) is 0.755. The molecular weight excluding hydrogens is 349 g/mol. The first kappa shape index (κ1) is 18.4. The second-order valence-electron chi connectivity index (χ2n) is 6.47. The van der Waals surface area contributed by atoms with Gasteiger partial charge in [-0.1, -0.05) is 23.9 Å². The second-order valence-corrected chi connectivity index (χ2v) is 7.44. The number of carbonyl (C=O) groups is 1. The number of thioether (sulfide) groups is 1. The number of hydrogen-bond acceptors (Lipinski definition) is 4. The highest BCUT2D eigenvalue weighted by Crippen LogP contribution is 2.31. The maximum Gasteiger partial charge on any atom is 0.233 e. The highest BCUT2D eigenvalue weighted by Gasteiger charge is 2.21. The van der Waals surface area contributed by atoms with Crippen LogP contribution < -0.4 is 0 Å². The van der Waals surface area contributed by atoms with E-state index in [1.807, 2.05) is 6.92 Å². The van der Waals surface area contributed by atoms with E-state index in [-0.39, 0.29) is 17.5 Å². The Morgan fingerprint density at radius 2 is 2.08 bits per heavy atom. The molecule has 2 aromatic rings. The molecule has 4 nitrogen and oxygen atoms in total. The first-order valence-electron chi connectivity index (χ1n) is 8.53. The van der Waals surface area contributed by atoms with Gasteiger partial charge in [0.2, 0.25) is 5.91 Å². The molecule has 1 aliphatic carbocycles. The number of fused-ring (bicyclic) bond motifs is 1. The fourth-order valence-electron chi connectivity index (χ4n) is 3.17. The predicted octanol–water partition coefficient (Wildman–Crippen LogP) is 3.64. The maximum atomic E-state index is 13.0. The van der Waals surface area contributed by atoms with Crippen LogP contribution in [0.15, 0.2) is 29.3 Å². The molecule has 0 unspecified atom stereocenters. The van der Waals surface area contributed by atoms with Gasteiger partial charge in [0.15, 0.2) is 0 Å². The van der Waals surface area contributed by atoms with Gasteiger partial charge < -0.3 is 4.90 Å². The summed E-state index contributed by atoms with van der Waals surface area (Å²) in [5.41, 5.74) is 4.73. The van der Waals surface area contributed by atoms with Crippen molar-refractivity contribution in [3.05, 3.63) is 58.0 Å². The Morgan fingerprint density at radius 3 is 2.77 bits per heavy atom. The van der Waals surface area contributed by atoms with E-state index < -0.39 is 0 Å². The third-order valence-corrected chi connectivity index (χ3v) is 5.63. The van der Waals surface area contributed by atoms with Gasteiger partial charge in [0, 0.05) is 19.3 Å². The van der Waals surface area contributed by atoms with Crippen LogP contribution in [-0.4, -0.2) is 28.6 Å². The monoisotopic (exact) mass is 369 g/mol. The Hall–Kier alpha value is -2.39. The minimum Gasteiger partial charge on any atom is -0.341 e. The average molecular weight is 369 g/mol. The van der Waals surface area contributed by atoms with Gasteiger partial charge in [-0.05, 0) is 55.0 Å². The number of benzene rings is 1. The molecular formula is C20H20FN3OS. The predicted molar refractivity (Wildman–Crippen MR) is 99.3 cm³/mol. The minimum atomic E-state index is -0.291. The number of rotatable bonds is 5. The third kappa shape index (κ3) is 3.88. The standard InChI is InChI=1S/C20H20FN3OS/c1-13-16-4-3-5-18(16)23-20(17(13)10-22)26-12-19(25)24(2)11-14-6-8-15(21)9-7-14/h6-9H,3-5,11-12H2,1-2H3. The van der Waals surface area contributed by atoms with Gasteiger partial charge >= 0.3 is 0 Å². The zero-order valence-electron chi connectivity index (χ0n) is 14.9. The van der Waals surface area contributed by atoms with Crippen molar-refractivity contribution in [2.45, 2.75) is 37.8 Å². The molecule has 0 fully saturated rings. The van der Waals surface area contributed by atoms with Crippen LogP contribution in [0, 0.1) is 24.1 Å². The van der Waals surface area contributed by atoms with Gasteiger partial charge in [0.05, 0.1) is 11.3 Å². The van der Waals surface area contributed by atoms with Crippen LogP contribution in [-0.2, 0) is 24.2 Å². The number of aromatic nitrogens is 1. The van der Waals surface area contributed by atoms with Gasteiger partial charge in [-0.15, -0.1) is 0 Å². The molecule has 0 atom stereocenters. The van der Waals surface area contributed by atoms with Gasteiger partial charge in [0.1, 0.15) is 16.9 Å². The molecule has 0 spiro atoms. The molecule has 0 radical (unpaired) electrons. The summed E-state index contributed by atoms with van der Waals surface area (Å²) in [6.07, 6.45) is 2.99. The summed E-state index contributed by atoms with van der Waals surface area (Å²) >= 11 is 1.32. The molecule has 0 bridgehead atoms. The Balaban J connectivity index is 1.67. The SMILES string of the molecule is Cc1c(C#N)c(SCC(=O)N(C)Cc2ccc(F)cc2)nc2c1CCC2. The van der Waals surface area contributed by atoms with Crippen LogP contribution in [0.3, 0.4) is 0 Å². The summed E-state index contributed by atoms with van der Waals surface area (Å²) in [4.78, 5) is 18.7. The molecule has 1 aromatic heterocycles. The summed E-state index contributed by atoms with van der Waals surface area (Å²) in [6, 6.07) is 8.37. The number of nitrogens with zero attached hydrogens (tertiary/aromatic N) is 3. The second kappa shape index (κ2) is 7.88. The lowest BCUT2D eigenvalue weighted by atomic mass is 10.0. The fraction of sp³-hybridized carbons (Fsp3) is 0.350. The molecule has 134 valence electrons. The molecule has 3 rings (SSSR count). The lowest BCUT2D eigenvalue weighted by molar-refractivity contribution is -0.127. The van der Waals surface area contributed by atoms with E-state index in [4.69, 9.17) is 0 Å². The van der Waals surface area contributed by atoms with Crippen molar-refractivity contribution in [1.29, 1.82) is 5.26 Å². The lowest BCUT2D eigenvalue weighted by Crippen LogP contribution is -2.27. The summed E-state index contributed by atoms with van der Waals surface area (Å²) in [7, 11) is 1.72. The van der Waals surface area contributed by atoms with Crippen LogP contribution in [0.25, 0.3) is 0 Å². The normalized spacial score (nSPS) is 12.5. The molecule has 1 amide bonds. The maximum absolute atomic E-state index is 13.0. The molecule has 6 heteroatoms. The van der Waals surface area contributed by atoms with Crippen molar-refractivity contribution in [2.24, 2.45) is 0 Å². The van der Waals surface area contributed by atoms with Gasteiger partial charge in [-0.3, -0.25) is 4.79 Å². The van der Waals surface area contributed by atoms with E-state index in [0.29, 0.717) is 17.1 Å². The summed E-state index contributed by atoms with van der Waals surface area (Å²) in [5, 5.41) is 10.1. The van der Waals surface area contributed by atoms with Crippen molar-refractivity contribution >= 4 is 17.7 Å². The first-order chi connectivity index (χ1) is 12.5. The fourth-order valence-corrected chi connectivity index (χ4v) is 4.17. The van der Waals surface area contributed by atoms with Crippen LogP contribution in [0.4, 0.5) is 4.39 Å². The number of pyridine rings is 1. The molecule has 1 aliphatic rings. The van der Waals surface area contributed by atoms with Gasteiger partial charge in [0.25, 0.3) is 0 Å². The summed E-state index contributed by atoms with van der Waals surface area (Å²) in [6.45, 7) is 2.39. The number of hydrogen-bond donors (Lipinski definition) is 0. The summed E-state index contributed by atoms with van der Waals surface area (Å²) < 4.78 is 13.0. The molecule has 1 heterocycles. The van der Waals surface area contributed by atoms with Crippen LogP contribution in [0.1, 0.15) is 34.4 Å². The number of carbonyl (C=O) groups excluding carboxylic acids is 1. The largest absolute Gasteiger partial charge is 0.341 e. The number of nitriles is 1. The molecule has 0 saturated carbocycles. The van der Waals surface area contributed by atoms with Gasteiger partial charge in [-0.2, -0.15) is 5.26 Å². The van der Waals surface area contributed by atoms with Crippen molar-refractivity contribution in [2.75, 3.05) is 12.8 Å². The summed E-state index contributed by atoms with van der Waals surface area (Å²) in [5.74, 6) is -0.124. The number of halogens is 1. The van der Waals surface area contributed by atoms with Crippen LogP contribution in [0.5, 0.6) is 0 Å². The zero-order valence-corrected chi connectivity index (χ0v) is 15.7. The van der Waals surface area contributed by atoms with Crippen molar-refractivity contribution in [3.63, 3.8) is 0 Å². The Morgan fingerprint density at radius 1 is 1.35 bits per heavy atom. The van der Waals surface area contributed by atoms with Crippen molar-refractivity contribution in [1.82, 2.24) is 9.88 Å². The number of amides is 1. The Labute approximate surface area is 157 Å². The third-order valence-electron chi connectivity index (χ3n) is 4.67. The Bertz CT molecular complexity index is 874. The van der Waals surface area contributed by atoms with E-state index in [2.05, 4.69) is 11.1 Å². The van der Waals surface area contributed by atoms with Crippen LogP contribution in [0.2, 0.25) is 0 Å². The van der Waals surface area contributed by atoms with Gasteiger partial charge in [-0.25, -0.2) is 9.37 Å². The van der Waals surface area contributed by atoms with E-state index >= 15 is 0 Å². The van der Waals surface area contributed by atoms with Crippen molar-refractivity contribution in [3.8, 4) is 6.07 Å². The molecule has 26 heavy (non-hydrogen) atoms. The lowest BCUT2D eigenvalue weighted by Gasteiger charge is -2.17. The van der Waals surface area contributed by atoms with E-state index in [1.165, 1.54) is 29.5 Å². The van der Waals surface area contributed by atoms with Crippen molar-refractivity contribution < 1.29 is 9.18 Å². The number of aryl methyl sites for hydroxylation is 1. The van der Waals surface area contributed by atoms with Crippen LogP contribution >= 0.6 is 11.8 Å². The Kier molecular flexibility index (Phi) is 5.58.